The first kappa shape index (κ1) is 9.86. The van der Waals surface area contributed by atoms with E-state index >= 15 is 0 Å². The van der Waals surface area contributed by atoms with Gasteiger partial charge in [-0.2, -0.15) is 5.10 Å². The molecule has 4 heteroatoms. The highest BCUT2D eigenvalue weighted by Crippen LogP contribution is 2.10. The Hall–Kier alpha value is -1.68. The quantitative estimate of drug-likeness (QED) is 0.799. The number of rotatable bonds is 2. The van der Waals surface area contributed by atoms with E-state index in [2.05, 4.69) is 17.0 Å². The fourth-order valence-electron chi connectivity index (χ4n) is 1.48. The lowest BCUT2D eigenvalue weighted by Gasteiger charge is -2.04. The summed E-state index contributed by atoms with van der Waals surface area (Å²) in [7, 11) is 0. The average Bonchev–Trinajstić information content (AvgIpc) is 2.61. The summed E-state index contributed by atoms with van der Waals surface area (Å²) in [6.45, 7) is 4.32. The van der Waals surface area contributed by atoms with Crippen molar-refractivity contribution in [2.75, 3.05) is 0 Å². The minimum atomic E-state index is 0.398. The molecule has 0 spiro atoms. The molecule has 2 rings (SSSR count). The summed E-state index contributed by atoms with van der Waals surface area (Å²) in [4.78, 5) is 4.25. The van der Waals surface area contributed by atoms with Crippen LogP contribution in [0.3, 0.4) is 0 Å². The molecule has 0 saturated carbocycles. The lowest BCUT2D eigenvalue weighted by Crippen LogP contribution is -2.07. The molecule has 4 nitrogen and oxygen atoms in total. The van der Waals surface area contributed by atoms with E-state index in [4.69, 9.17) is 5.73 Å². The first-order chi connectivity index (χ1) is 7.20. The zero-order chi connectivity index (χ0) is 10.8. The van der Waals surface area contributed by atoms with E-state index in [-0.39, 0.29) is 0 Å². The molecule has 1 aromatic heterocycles. The highest BCUT2D eigenvalue weighted by Gasteiger charge is 2.06. The summed E-state index contributed by atoms with van der Waals surface area (Å²) in [5, 5.41) is 4.31. The molecule has 0 radical (unpaired) electrons. The number of hydrogen-bond donors (Lipinski definition) is 1. The Morgan fingerprint density at radius 2 is 1.87 bits per heavy atom. The molecule has 0 atom stereocenters. The maximum atomic E-state index is 5.61. The van der Waals surface area contributed by atoms with E-state index in [1.807, 2.05) is 31.2 Å². The van der Waals surface area contributed by atoms with Gasteiger partial charge in [-0.15, -0.1) is 0 Å². The fourth-order valence-corrected chi connectivity index (χ4v) is 1.48. The van der Waals surface area contributed by atoms with Gasteiger partial charge in [0.2, 0.25) is 0 Å². The molecule has 0 saturated heterocycles. The Balaban J connectivity index is 2.48. The van der Waals surface area contributed by atoms with Crippen molar-refractivity contribution in [3.05, 3.63) is 41.5 Å². The van der Waals surface area contributed by atoms with E-state index in [0.717, 1.165) is 17.3 Å². The molecule has 2 aromatic rings. The molecule has 0 aliphatic heterocycles. The summed E-state index contributed by atoms with van der Waals surface area (Å²) >= 11 is 0. The van der Waals surface area contributed by atoms with Crippen molar-refractivity contribution in [3.63, 3.8) is 0 Å². The molecule has 0 fully saturated rings. The van der Waals surface area contributed by atoms with Crippen LogP contribution in [0.1, 0.15) is 17.2 Å². The Morgan fingerprint density at radius 3 is 2.47 bits per heavy atom. The van der Waals surface area contributed by atoms with Crippen LogP contribution in [0.2, 0.25) is 0 Å². The van der Waals surface area contributed by atoms with Crippen molar-refractivity contribution < 1.29 is 0 Å². The minimum Gasteiger partial charge on any atom is -0.324 e. The second-order valence-corrected chi connectivity index (χ2v) is 3.53. The normalized spacial score (nSPS) is 10.6. The number of hydrogen-bond acceptors (Lipinski definition) is 3. The van der Waals surface area contributed by atoms with Gasteiger partial charge in [-0.3, -0.25) is 0 Å². The average molecular weight is 202 g/mol. The molecule has 1 heterocycles. The second kappa shape index (κ2) is 3.82. The van der Waals surface area contributed by atoms with Crippen LogP contribution in [0.4, 0.5) is 0 Å². The molecule has 15 heavy (non-hydrogen) atoms. The van der Waals surface area contributed by atoms with Crippen LogP contribution >= 0.6 is 0 Å². The third-order valence-corrected chi connectivity index (χ3v) is 2.24. The summed E-state index contributed by atoms with van der Waals surface area (Å²) in [6.07, 6.45) is 0. The summed E-state index contributed by atoms with van der Waals surface area (Å²) < 4.78 is 1.79. The SMILES string of the molecule is Cc1ccc(-n2nc(C)nc2CN)cc1. The summed E-state index contributed by atoms with van der Waals surface area (Å²) in [5.74, 6) is 1.53. The van der Waals surface area contributed by atoms with Crippen molar-refractivity contribution >= 4 is 0 Å². The third-order valence-electron chi connectivity index (χ3n) is 2.24. The van der Waals surface area contributed by atoms with Gasteiger partial charge in [-0.1, -0.05) is 17.7 Å². The zero-order valence-electron chi connectivity index (χ0n) is 8.94. The van der Waals surface area contributed by atoms with E-state index in [9.17, 15) is 0 Å². The van der Waals surface area contributed by atoms with E-state index < -0.39 is 0 Å². The Bertz CT molecular complexity index is 456. The topological polar surface area (TPSA) is 56.7 Å². The Morgan fingerprint density at radius 1 is 1.20 bits per heavy atom. The predicted molar refractivity (Wildman–Crippen MR) is 58.7 cm³/mol. The van der Waals surface area contributed by atoms with E-state index in [0.29, 0.717) is 6.54 Å². The van der Waals surface area contributed by atoms with Crippen molar-refractivity contribution in [2.24, 2.45) is 5.73 Å². The van der Waals surface area contributed by atoms with Gasteiger partial charge in [-0.05, 0) is 26.0 Å². The van der Waals surface area contributed by atoms with Crippen LogP contribution in [-0.2, 0) is 6.54 Å². The highest BCUT2D eigenvalue weighted by atomic mass is 15.4. The molecule has 2 N–H and O–H groups in total. The fraction of sp³-hybridized carbons (Fsp3) is 0.273. The van der Waals surface area contributed by atoms with Crippen LogP contribution in [0, 0.1) is 13.8 Å². The molecule has 0 unspecified atom stereocenters. The van der Waals surface area contributed by atoms with Gasteiger partial charge in [0.1, 0.15) is 11.6 Å². The number of nitrogens with two attached hydrogens (primary N) is 1. The first-order valence-corrected chi connectivity index (χ1v) is 4.90. The van der Waals surface area contributed by atoms with Gasteiger partial charge in [0.25, 0.3) is 0 Å². The van der Waals surface area contributed by atoms with Gasteiger partial charge in [0.15, 0.2) is 0 Å². The Kier molecular flexibility index (Phi) is 2.51. The van der Waals surface area contributed by atoms with Crippen molar-refractivity contribution in [1.29, 1.82) is 0 Å². The zero-order valence-corrected chi connectivity index (χ0v) is 8.94. The molecular formula is C11H14N4. The Labute approximate surface area is 88.8 Å². The number of benzene rings is 1. The molecule has 78 valence electrons. The highest BCUT2D eigenvalue weighted by molar-refractivity contribution is 5.34. The lowest BCUT2D eigenvalue weighted by molar-refractivity contribution is 0.786. The van der Waals surface area contributed by atoms with E-state index in [1.54, 1.807) is 4.68 Å². The van der Waals surface area contributed by atoms with Gasteiger partial charge >= 0.3 is 0 Å². The molecule has 0 aliphatic rings. The lowest BCUT2D eigenvalue weighted by atomic mass is 10.2. The molecule has 0 aliphatic carbocycles. The predicted octanol–water partition coefficient (Wildman–Crippen LogP) is 1.34. The van der Waals surface area contributed by atoms with Gasteiger partial charge in [0, 0.05) is 0 Å². The van der Waals surface area contributed by atoms with Crippen LogP contribution in [-0.4, -0.2) is 14.8 Å². The number of nitrogens with zero attached hydrogens (tertiary/aromatic N) is 3. The third kappa shape index (κ3) is 1.89. The van der Waals surface area contributed by atoms with Gasteiger partial charge in [-0.25, -0.2) is 9.67 Å². The van der Waals surface area contributed by atoms with Crippen molar-refractivity contribution in [3.8, 4) is 5.69 Å². The summed E-state index contributed by atoms with van der Waals surface area (Å²) in [5.41, 5.74) is 7.84. The van der Waals surface area contributed by atoms with Gasteiger partial charge < -0.3 is 5.73 Å². The first-order valence-electron chi connectivity index (χ1n) is 4.90. The maximum absolute atomic E-state index is 5.61. The molecule has 0 amide bonds. The largest absolute Gasteiger partial charge is 0.324 e. The minimum absolute atomic E-state index is 0.398. The summed E-state index contributed by atoms with van der Waals surface area (Å²) in [6, 6.07) is 8.13. The van der Waals surface area contributed by atoms with Crippen molar-refractivity contribution in [1.82, 2.24) is 14.8 Å². The van der Waals surface area contributed by atoms with Gasteiger partial charge in [0.05, 0.1) is 12.2 Å². The van der Waals surface area contributed by atoms with Crippen molar-refractivity contribution in [2.45, 2.75) is 20.4 Å². The van der Waals surface area contributed by atoms with Crippen LogP contribution in [0.25, 0.3) is 5.69 Å². The molecule has 0 bridgehead atoms. The number of aryl methyl sites for hydroxylation is 2. The smallest absolute Gasteiger partial charge is 0.148 e. The monoisotopic (exact) mass is 202 g/mol. The second-order valence-electron chi connectivity index (χ2n) is 3.53. The van der Waals surface area contributed by atoms with Crippen LogP contribution in [0.15, 0.2) is 24.3 Å². The maximum Gasteiger partial charge on any atom is 0.148 e. The standard InChI is InChI=1S/C11H14N4/c1-8-3-5-10(6-4-8)15-11(7-12)13-9(2)14-15/h3-6H,7,12H2,1-2H3. The number of aromatic nitrogens is 3. The van der Waals surface area contributed by atoms with Crippen LogP contribution in [0.5, 0.6) is 0 Å². The van der Waals surface area contributed by atoms with E-state index in [1.165, 1.54) is 5.56 Å². The molecular weight excluding hydrogens is 188 g/mol. The van der Waals surface area contributed by atoms with Crippen LogP contribution < -0.4 is 5.73 Å². The molecule has 1 aromatic carbocycles.